The minimum atomic E-state index is 0.0209. The largest absolute Gasteiger partial charge is 0.477 e. The van der Waals surface area contributed by atoms with Crippen molar-refractivity contribution in [3.8, 4) is 5.88 Å². The summed E-state index contributed by atoms with van der Waals surface area (Å²) in [7, 11) is 0. The minimum Gasteiger partial charge on any atom is -0.477 e. The Morgan fingerprint density at radius 3 is 2.74 bits per heavy atom. The van der Waals surface area contributed by atoms with Crippen LogP contribution in [0.2, 0.25) is 10.0 Å². The normalized spacial score (nSPS) is 16.7. The van der Waals surface area contributed by atoms with Crippen molar-refractivity contribution in [2.24, 2.45) is 0 Å². The first kappa shape index (κ1) is 22.2. The van der Waals surface area contributed by atoms with Gasteiger partial charge in [-0.05, 0) is 56.5 Å². The number of aromatic nitrogens is 1. The number of unbranched alkanes of at least 4 members (excludes halogenated alkanes) is 1. The van der Waals surface area contributed by atoms with E-state index >= 15 is 0 Å². The fraction of sp³-hybridized carbons (Fsp3) is 0.478. The zero-order chi connectivity index (χ0) is 21.8. The van der Waals surface area contributed by atoms with Gasteiger partial charge in [0.15, 0.2) is 0 Å². The summed E-state index contributed by atoms with van der Waals surface area (Å²) in [6, 6.07) is 7.87. The number of halogens is 2. The number of carbonyl (C=O) groups excluding carboxylic acids is 1. The van der Waals surface area contributed by atoms with Crippen LogP contribution in [0.25, 0.3) is 0 Å². The van der Waals surface area contributed by atoms with Crippen molar-refractivity contribution in [3.05, 3.63) is 45.4 Å². The van der Waals surface area contributed by atoms with Crippen LogP contribution in [0.1, 0.15) is 30.4 Å². The molecule has 4 rings (SSSR count). The predicted molar refractivity (Wildman–Crippen MR) is 126 cm³/mol. The second-order valence-electron chi connectivity index (χ2n) is 8.12. The van der Waals surface area contributed by atoms with Gasteiger partial charge in [-0.15, -0.1) is 0 Å². The molecular formula is C23H28Cl2N4O2. The molecule has 1 aromatic heterocycles. The number of fused-ring (bicyclic) bond motifs is 1. The molecule has 6 nitrogen and oxygen atoms in total. The Bertz CT molecular complexity index is 945. The SMILES string of the molecule is Cc1cc2c(nc1OCCCCN1CCN(c3cccc(Cl)c3Cl)CC1)NC(=O)CC2. The maximum Gasteiger partial charge on any atom is 0.225 e. The lowest BCUT2D eigenvalue weighted by Crippen LogP contribution is -2.46. The highest BCUT2D eigenvalue weighted by atomic mass is 35.5. The Hall–Kier alpha value is -2.02. The maximum atomic E-state index is 11.6. The smallest absolute Gasteiger partial charge is 0.225 e. The number of nitrogens with zero attached hydrogens (tertiary/aromatic N) is 3. The molecule has 2 aromatic rings. The van der Waals surface area contributed by atoms with E-state index in [1.54, 1.807) is 0 Å². The molecule has 0 bridgehead atoms. The van der Waals surface area contributed by atoms with Crippen LogP contribution in [-0.2, 0) is 11.2 Å². The van der Waals surface area contributed by atoms with E-state index in [-0.39, 0.29) is 5.91 Å². The number of hydrogen-bond donors (Lipinski definition) is 1. The van der Waals surface area contributed by atoms with E-state index in [4.69, 9.17) is 27.9 Å². The highest BCUT2D eigenvalue weighted by Crippen LogP contribution is 2.33. The average Bonchev–Trinajstić information content (AvgIpc) is 2.76. The van der Waals surface area contributed by atoms with Gasteiger partial charge in [0.25, 0.3) is 0 Å². The van der Waals surface area contributed by atoms with Gasteiger partial charge in [-0.1, -0.05) is 29.3 Å². The first-order chi connectivity index (χ1) is 15.0. The van der Waals surface area contributed by atoms with Crippen LogP contribution < -0.4 is 15.0 Å². The molecular weight excluding hydrogens is 435 g/mol. The quantitative estimate of drug-likeness (QED) is 0.610. The first-order valence-electron chi connectivity index (χ1n) is 10.9. The number of ether oxygens (including phenoxy) is 1. The standard InChI is InChI=1S/C23H28Cl2N4O2/c1-16-15-17-7-8-20(30)26-22(17)27-23(16)31-14-3-2-9-28-10-12-29(13-11-28)19-6-4-5-18(24)21(19)25/h4-6,15H,2-3,7-14H2,1H3,(H,26,27,30). The molecule has 0 atom stereocenters. The number of piperazine rings is 1. The average molecular weight is 463 g/mol. The number of aryl methyl sites for hydroxylation is 2. The molecule has 166 valence electrons. The van der Waals surface area contributed by atoms with Crippen molar-refractivity contribution in [3.63, 3.8) is 0 Å². The molecule has 1 saturated heterocycles. The third kappa shape index (κ3) is 5.43. The molecule has 3 heterocycles. The Balaban J connectivity index is 1.18. The predicted octanol–water partition coefficient (Wildman–Crippen LogP) is 4.56. The number of amides is 1. The van der Waals surface area contributed by atoms with Gasteiger partial charge in [0.1, 0.15) is 5.82 Å². The Morgan fingerprint density at radius 2 is 1.94 bits per heavy atom. The summed E-state index contributed by atoms with van der Waals surface area (Å²) in [5.74, 6) is 1.29. The molecule has 0 radical (unpaired) electrons. The van der Waals surface area contributed by atoms with Crippen LogP contribution in [0.4, 0.5) is 11.5 Å². The second kappa shape index (κ2) is 10.1. The number of rotatable bonds is 7. The summed E-state index contributed by atoms with van der Waals surface area (Å²) in [6.45, 7) is 7.58. The monoisotopic (exact) mass is 462 g/mol. The van der Waals surface area contributed by atoms with Crippen LogP contribution in [0, 0.1) is 6.92 Å². The van der Waals surface area contributed by atoms with Crippen molar-refractivity contribution >= 4 is 40.6 Å². The lowest BCUT2D eigenvalue weighted by Gasteiger charge is -2.36. The van der Waals surface area contributed by atoms with E-state index in [2.05, 4.69) is 26.2 Å². The molecule has 8 heteroatoms. The number of hydrogen-bond acceptors (Lipinski definition) is 5. The van der Waals surface area contributed by atoms with E-state index in [0.717, 1.165) is 68.8 Å². The highest BCUT2D eigenvalue weighted by Gasteiger charge is 2.20. The lowest BCUT2D eigenvalue weighted by molar-refractivity contribution is -0.116. The van der Waals surface area contributed by atoms with Crippen LogP contribution in [0.15, 0.2) is 24.3 Å². The van der Waals surface area contributed by atoms with Gasteiger partial charge in [0, 0.05) is 38.2 Å². The van der Waals surface area contributed by atoms with Crippen LogP contribution in [-0.4, -0.2) is 55.1 Å². The number of anilines is 2. The van der Waals surface area contributed by atoms with E-state index in [1.807, 2.05) is 25.1 Å². The Morgan fingerprint density at radius 1 is 1.13 bits per heavy atom. The third-order valence-corrected chi connectivity index (χ3v) is 6.69. The third-order valence-electron chi connectivity index (χ3n) is 5.88. The van der Waals surface area contributed by atoms with Gasteiger partial charge in [-0.25, -0.2) is 0 Å². The van der Waals surface area contributed by atoms with Gasteiger partial charge in [0.05, 0.1) is 22.3 Å². The molecule has 0 spiro atoms. The van der Waals surface area contributed by atoms with Crippen molar-refractivity contribution in [2.75, 3.05) is 49.5 Å². The molecule has 31 heavy (non-hydrogen) atoms. The second-order valence-corrected chi connectivity index (χ2v) is 8.91. The molecule has 0 aliphatic carbocycles. The van der Waals surface area contributed by atoms with Crippen molar-refractivity contribution in [1.82, 2.24) is 9.88 Å². The van der Waals surface area contributed by atoms with Crippen LogP contribution in [0.3, 0.4) is 0 Å². The van der Waals surface area contributed by atoms with Gasteiger partial charge in [-0.3, -0.25) is 9.69 Å². The summed E-state index contributed by atoms with van der Waals surface area (Å²) in [5.41, 5.74) is 3.12. The van der Waals surface area contributed by atoms with Crippen molar-refractivity contribution in [2.45, 2.75) is 32.6 Å². The number of pyridine rings is 1. The summed E-state index contributed by atoms with van der Waals surface area (Å²) in [5, 5.41) is 4.08. The number of benzene rings is 1. The summed E-state index contributed by atoms with van der Waals surface area (Å²) in [6.07, 6.45) is 3.30. The Kier molecular flexibility index (Phi) is 7.20. The fourth-order valence-corrected chi connectivity index (χ4v) is 4.51. The Labute approximate surface area is 193 Å². The molecule has 2 aliphatic rings. The lowest BCUT2D eigenvalue weighted by atomic mass is 10.1. The molecule has 1 amide bonds. The molecule has 1 aromatic carbocycles. The van der Waals surface area contributed by atoms with Crippen LogP contribution >= 0.6 is 23.2 Å². The summed E-state index contributed by atoms with van der Waals surface area (Å²) in [4.78, 5) is 20.9. The zero-order valence-electron chi connectivity index (χ0n) is 17.8. The van der Waals surface area contributed by atoms with Gasteiger partial charge in [-0.2, -0.15) is 4.98 Å². The van der Waals surface area contributed by atoms with Crippen molar-refractivity contribution < 1.29 is 9.53 Å². The molecule has 0 unspecified atom stereocenters. The number of carbonyl (C=O) groups is 1. The maximum absolute atomic E-state index is 11.6. The van der Waals surface area contributed by atoms with E-state index < -0.39 is 0 Å². The fourth-order valence-electron chi connectivity index (χ4n) is 4.10. The molecule has 2 aliphatic heterocycles. The molecule has 1 N–H and O–H groups in total. The first-order valence-corrected chi connectivity index (χ1v) is 11.6. The van der Waals surface area contributed by atoms with Crippen molar-refractivity contribution in [1.29, 1.82) is 0 Å². The van der Waals surface area contributed by atoms with Crippen LogP contribution in [0.5, 0.6) is 5.88 Å². The highest BCUT2D eigenvalue weighted by molar-refractivity contribution is 6.43. The van der Waals surface area contributed by atoms with Gasteiger partial charge < -0.3 is 15.0 Å². The number of nitrogens with one attached hydrogen (secondary N) is 1. The van der Waals surface area contributed by atoms with Gasteiger partial charge in [0.2, 0.25) is 11.8 Å². The summed E-state index contributed by atoms with van der Waals surface area (Å²) < 4.78 is 5.91. The van der Waals surface area contributed by atoms with E-state index in [1.165, 1.54) is 0 Å². The topological polar surface area (TPSA) is 57.7 Å². The van der Waals surface area contributed by atoms with Gasteiger partial charge >= 0.3 is 0 Å². The summed E-state index contributed by atoms with van der Waals surface area (Å²) >= 11 is 12.5. The molecule has 1 fully saturated rings. The van der Waals surface area contributed by atoms with E-state index in [9.17, 15) is 4.79 Å². The zero-order valence-corrected chi connectivity index (χ0v) is 19.3. The molecule has 0 saturated carbocycles. The van der Waals surface area contributed by atoms with E-state index in [0.29, 0.717) is 34.8 Å². The minimum absolute atomic E-state index is 0.0209.